The molecule has 0 aliphatic heterocycles. The maximum atomic E-state index is 13.7. The lowest BCUT2D eigenvalue weighted by atomic mass is 10.2. The maximum Gasteiger partial charge on any atom is 0.401 e. The lowest BCUT2D eigenvalue weighted by molar-refractivity contribution is -0.146. The lowest BCUT2D eigenvalue weighted by Crippen LogP contribution is -2.35. The molecule has 0 unspecified atom stereocenters. The smallest absolute Gasteiger partial charge is 0.289 e. The fourth-order valence-corrected chi connectivity index (χ4v) is 2.14. The molecule has 0 aliphatic rings. The van der Waals surface area contributed by atoms with Gasteiger partial charge < -0.3 is 0 Å². The monoisotopic (exact) mass is 365 g/mol. The lowest BCUT2D eigenvalue weighted by Gasteiger charge is -2.23. The molecule has 0 fully saturated rings. The van der Waals surface area contributed by atoms with Crippen LogP contribution in [0.3, 0.4) is 0 Å². The quantitative estimate of drug-likeness (QED) is 0.426. The first-order valence-electron chi connectivity index (χ1n) is 5.22. The minimum Gasteiger partial charge on any atom is -0.289 e. The largest absolute Gasteiger partial charge is 0.401 e. The van der Waals surface area contributed by atoms with Crippen molar-refractivity contribution in [2.45, 2.75) is 12.7 Å². The van der Waals surface area contributed by atoms with Crippen LogP contribution < -0.4 is 0 Å². The van der Waals surface area contributed by atoms with E-state index in [0.29, 0.717) is 0 Å². The number of halogens is 7. The standard InChI is InChI=1S/C11H10BrClF5N/c12-8-1-2-9(14)7(10(8)15)5-19(4-3-13)6-11(16,17)18/h1-2H,3-6H2. The molecule has 0 saturated carbocycles. The second-order valence-electron chi connectivity index (χ2n) is 3.84. The highest BCUT2D eigenvalue weighted by Gasteiger charge is 2.31. The number of hydrogen-bond donors (Lipinski definition) is 0. The van der Waals surface area contributed by atoms with Gasteiger partial charge in [-0.25, -0.2) is 8.78 Å². The van der Waals surface area contributed by atoms with Crippen molar-refractivity contribution in [3.8, 4) is 0 Å². The van der Waals surface area contributed by atoms with Gasteiger partial charge in [0.15, 0.2) is 0 Å². The third kappa shape index (κ3) is 5.24. The van der Waals surface area contributed by atoms with Gasteiger partial charge in [0.1, 0.15) is 11.6 Å². The molecule has 1 aromatic rings. The first kappa shape index (κ1) is 16.7. The third-order valence-corrected chi connectivity index (χ3v) is 3.11. The fourth-order valence-electron chi connectivity index (χ4n) is 1.52. The highest BCUT2D eigenvalue weighted by molar-refractivity contribution is 9.10. The van der Waals surface area contributed by atoms with Gasteiger partial charge in [0.05, 0.1) is 11.0 Å². The molecule has 19 heavy (non-hydrogen) atoms. The highest BCUT2D eigenvalue weighted by atomic mass is 79.9. The Morgan fingerprint density at radius 1 is 1.21 bits per heavy atom. The normalized spacial score (nSPS) is 12.2. The second kappa shape index (κ2) is 6.85. The summed E-state index contributed by atoms with van der Waals surface area (Å²) in [4.78, 5) is 0.848. The SMILES string of the molecule is Fc1ccc(Br)c(F)c1CN(CCCl)CC(F)(F)F. The van der Waals surface area contributed by atoms with Gasteiger partial charge in [0, 0.05) is 24.5 Å². The number of nitrogens with zero attached hydrogens (tertiary/aromatic N) is 1. The van der Waals surface area contributed by atoms with Crippen LogP contribution in [0.15, 0.2) is 16.6 Å². The molecule has 1 nitrogen and oxygen atoms in total. The van der Waals surface area contributed by atoms with Crippen LogP contribution in [0.1, 0.15) is 5.56 Å². The zero-order valence-corrected chi connectivity index (χ0v) is 11.9. The number of alkyl halides is 4. The topological polar surface area (TPSA) is 3.24 Å². The molecule has 0 saturated heterocycles. The minimum atomic E-state index is -4.45. The molecule has 0 amide bonds. The summed E-state index contributed by atoms with van der Waals surface area (Å²) in [6.45, 7) is -1.89. The summed E-state index contributed by atoms with van der Waals surface area (Å²) in [5.41, 5.74) is -0.413. The highest BCUT2D eigenvalue weighted by Crippen LogP contribution is 2.24. The van der Waals surface area contributed by atoms with Crippen molar-refractivity contribution < 1.29 is 22.0 Å². The Labute approximate surface area is 120 Å². The summed E-state index contributed by atoms with van der Waals surface area (Å²) in [5.74, 6) is -1.85. The number of rotatable bonds is 5. The molecular formula is C11H10BrClF5N. The average Bonchev–Trinajstić information content (AvgIpc) is 2.28. The number of benzene rings is 1. The van der Waals surface area contributed by atoms with E-state index in [4.69, 9.17) is 11.6 Å². The van der Waals surface area contributed by atoms with E-state index >= 15 is 0 Å². The van der Waals surface area contributed by atoms with E-state index in [1.165, 1.54) is 0 Å². The van der Waals surface area contributed by atoms with Gasteiger partial charge in [-0.2, -0.15) is 13.2 Å². The molecule has 1 aromatic carbocycles. The molecule has 0 aliphatic carbocycles. The Morgan fingerprint density at radius 2 is 1.84 bits per heavy atom. The van der Waals surface area contributed by atoms with Gasteiger partial charge >= 0.3 is 6.18 Å². The van der Waals surface area contributed by atoms with E-state index in [9.17, 15) is 22.0 Å². The first-order chi connectivity index (χ1) is 8.74. The molecule has 8 heteroatoms. The maximum absolute atomic E-state index is 13.7. The Balaban J connectivity index is 2.93. The van der Waals surface area contributed by atoms with Crippen LogP contribution in [0, 0.1) is 11.6 Å². The zero-order chi connectivity index (χ0) is 14.6. The van der Waals surface area contributed by atoms with Crippen LogP contribution in [0.4, 0.5) is 22.0 Å². The first-order valence-corrected chi connectivity index (χ1v) is 6.55. The second-order valence-corrected chi connectivity index (χ2v) is 5.07. The summed E-state index contributed by atoms with van der Waals surface area (Å²) in [6, 6.07) is 2.15. The van der Waals surface area contributed by atoms with Crippen molar-refractivity contribution >= 4 is 27.5 Å². The molecule has 1 rings (SSSR count). The van der Waals surface area contributed by atoms with Crippen LogP contribution in [-0.4, -0.2) is 30.0 Å². The molecule has 0 atom stereocenters. The van der Waals surface area contributed by atoms with Gasteiger partial charge in [-0.05, 0) is 28.1 Å². The summed E-state index contributed by atoms with van der Waals surface area (Å²) >= 11 is 8.26. The van der Waals surface area contributed by atoms with Crippen molar-refractivity contribution in [1.29, 1.82) is 0 Å². The van der Waals surface area contributed by atoms with Crippen LogP contribution in [0.2, 0.25) is 0 Å². The Kier molecular flexibility index (Phi) is 6.01. The molecule has 108 valence electrons. The molecule has 0 bridgehead atoms. The summed E-state index contributed by atoms with van der Waals surface area (Å²) in [6.07, 6.45) is -4.45. The van der Waals surface area contributed by atoms with E-state index in [0.717, 1.165) is 17.0 Å². The van der Waals surface area contributed by atoms with E-state index in [2.05, 4.69) is 15.9 Å². The van der Waals surface area contributed by atoms with Crippen LogP contribution in [-0.2, 0) is 6.54 Å². The predicted octanol–water partition coefficient (Wildman–Crippen LogP) is 4.33. The Hall–Kier alpha value is -0.400. The molecule has 0 N–H and O–H groups in total. The summed E-state index contributed by atoms with van der Waals surface area (Å²) in [7, 11) is 0. The molecule has 0 heterocycles. The molecular weight excluding hydrogens is 356 g/mol. The zero-order valence-electron chi connectivity index (χ0n) is 9.58. The fraction of sp³-hybridized carbons (Fsp3) is 0.455. The van der Waals surface area contributed by atoms with E-state index in [-0.39, 0.29) is 16.9 Å². The van der Waals surface area contributed by atoms with Gasteiger partial charge in [-0.1, -0.05) is 0 Å². The molecule has 0 aromatic heterocycles. The summed E-state index contributed by atoms with van der Waals surface area (Å²) in [5, 5.41) is 0. The van der Waals surface area contributed by atoms with Crippen LogP contribution in [0.5, 0.6) is 0 Å². The van der Waals surface area contributed by atoms with Crippen LogP contribution in [0.25, 0.3) is 0 Å². The van der Waals surface area contributed by atoms with Crippen LogP contribution >= 0.6 is 27.5 Å². The minimum absolute atomic E-state index is 0.00160. The van der Waals surface area contributed by atoms with Crippen molar-refractivity contribution in [2.75, 3.05) is 19.0 Å². The summed E-state index contributed by atoms with van der Waals surface area (Å²) < 4.78 is 64.1. The number of hydrogen-bond acceptors (Lipinski definition) is 1. The van der Waals surface area contributed by atoms with Gasteiger partial charge in [-0.3, -0.25) is 4.90 Å². The third-order valence-electron chi connectivity index (χ3n) is 2.32. The molecule has 0 spiro atoms. The van der Waals surface area contributed by atoms with Crippen molar-refractivity contribution in [3.05, 3.63) is 33.8 Å². The molecule has 0 radical (unpaired) electrons. The van der Waals surface area contributed by atoms with Crippen molar-refractivity contribution in [3.63, 3.8) is 0 Å². The van der Waals surface area contributed by atoms with Gasteiger partial charge in [0.25, 0.3) is 0 Å². The van der Waals surface area contributed by atoms with E-state index in [1.807, 2.05) is 0 Å². The predicted molar refractivity (Wildman–Crippen MR) is 66.1 cm³/mol. The van der Waals surface area contributed by atoms with Crippen molar-refractivity contribution in [1.82, 2.24) is 4.90 Å². The average molecular weight is 367 g/mol. The Morgan fingerprint density at radius 3 is 2.37 bits per heavy atom. The Bertz CT molecular complexity index is 438. The van der Waals surface area contributed by atoms with E-state index < -0.39 is 36.5 Å². The van der Waals surface area contributed by atoms with Gasteiger partial charge in [0.2, 0.25) is 0 Å². The van der Waals surface area contributed by atoms with Gasteiger partial charge in [-0.15, -0.1) is 11.6 Å². The van der Waals surface area contributed by atoms with E-state index in [1.54, 1.807) is 0 Å². The van der Waals surface area contributed by atoms with Crippen molar-refractivity contribution in [2.24, 2.45) is 0 Å².